The normalized spacial score (nSPS) is 12.4. The van der Waals surface area contributed by atoms with Crippen LogP contribution in [0.25, 0.3) is 0 Å². The molecule has 2 aromatic heterocycles. The standard InChI is InChI=1S/C14H20N4/c1-11-9-15-14(16-10-11)17-12(2)6-7-13-5-4-8-18(13)3/h4-5,8-10,12H,6-7H2,1-3H3,(H,15,16,17). The maximum absolute atomic E-state index is 4.25. The van der Waals surface area contributed by atoms with Crippen LogP contribution in [0.15, 0.2) is 30.7 Å². The molecule has 0 spiro atoms. The van der Waals surface area contributed by atoms with Crippen LogP contribution in [-0.4, -0.2) is 20.6 Å². The van der Waals surface area contributed by atoms with E-state index < -0.39 is 0 Å². The van der Waals surface area contributed by atoms with Gasteiger partial charge in [0.2, 0.25) is 5.95 Å². The summed E-state index contributed by atoms with van der Waals surface area (Å²) >= 11 is 0. The third-order valence-corrected chi connectivity index (χ3v) is 3.04. The Hall–Kier alpha value is -1.84. The molecule has 96 valence electrons. The summed E-state index contributed by atoms with van der Waals surface area (Å²) in [6, 6.07) is 4.61. The largest absolute Gasteiger partial charge is 0.354 e. The molecule has 0 bridgehead atoms. The molecule has 0 saturated carbocycles. The minimum absolute atomic E-state index is 0.364. The molecule has 0 aliphatic heterocycles. The van der Waals surface area contributed by atoms with Gasteiger partial charge < -0.3 is 9.88 Å². The first-order valence-electron chi connectivity index (χ1n) is 6.30. The lowest BCUT2D eigenvalue weighted by Crippen LogP contribution is -2.18. The third kappa shape index (κ3) is 3.32. The summed E-state index contributed by atoms with van der Waals surface area (Å²) < 4.78 is 2.16. The molecular formula is C14H20N4. The molecule has 1 N–H and O–H groups in total. The van der Waals surface area contributed by atoms with Crippen LogP contribution in [-0.2, 0) is 13.5 Å². The fourth-order valence-corrected chi connectivity index (χ4v) is 1.88. The van der Waals surface area contributed by atoms with Gasteiger partial charge in [0.1, 0.15) is 0 Å². The monoisotopic (exact) mass is 244 g/mol. The number of rotatable bonds is 5. The van der Waals surface area contributed by atoms with Crippen LogP contribution in [0.2, 0.25) is 0 Å². The van der Waals surface area contributed by atoms with Crippen LogP contribution in [0.4, 0.5) is 5.95 Å². The topological polar surface area (TPSA) is 42.7 Å². The number of hydrogen-bond acceptors (Lipinski definition) is 3. The maximum atomic E-state index is 4.25. The molecule has 4 heteroatoms. The number of aryl methyl sites for hydroxylation is 3. The lowest BCUT2D eigenvalue weighted by molar-refractivity contribution is 0.670. The Labute approximate surface area is 108 Å². The quantitative estimate of drug-likeness (QED) is 0.879. The Balaban J connectivity index is 1.83. The molecule has 2 rings (SSSR count). The number of nitrogens with one attached hydrogen (secondary N) is 1. The van der Waals surface area contributed by atoms with Gasteiger partial charge in [0.15, 0.2) is 0 Å². The number of anilines is 1. The van der Waals surface area contributed by atoms with Crippen molar-refractivity contribution in [2.75, 3.05) is 5.32 Å². The molecule has 0 saturated heterocycles. The van der Waals surface area contributed by atoms with Crippen molar-refractivity contribution in [1.29, 1.82) is 0 Å². The predicted molar refractivity (Wildman–Crippen MR) is 73.6 cm³/mol. The number of hydrogen-bond donors (Lipinski definition) is 1. The zero-order chi connectivity index (χ0) is 13.0. The summed E-state index contributed by atoms with van der Waals surface area (Å²) in [5.74, 6) is 0.708. The number of aromatic nitrogens is 3. The molecule has 0 aromatic carbocycles. The van der Waals surface area contributed by atoms with E-state index >= 15 is 0 Å². The highest BCUT2D eigenvalue weighted by atomic mass is 15.1. The highest BCUT2D eigenvalue weighted by molar-refractivity contribution is 5.25. The average molecular weight is 244 g/mol. The van der Waals surface area contributed by atoms with Crippen LogP contribution >= 0.6 is 0 Å². The van der Waals surface area contributed by atoms with E-state index in [4.69, 9.17) is 0 Å². The van der Waals surface area contributed by atoms with Crippen molar-refractivity contribution in [2.45, 2.75) is 32.7 Å². The fourth-order valence-electron chi connectivity index (χ4n) is 1.88. The van der Waals surface area contributed by atoms with Gasteiger partial charge in [0.05, 0.1) is 0 Å². The minimum atomic E-state index is 0.364. The van der Waals surface area contributed by atoms with Crippen LogP contribution in [0, 0.1) is 6.92 Å². The van der Waals surface area contributed by atoms with E-state index in [2.05, 4.69) is 52.2 Å². The molecule has 0 aliphatic rings. The van der Waals surface area contributed by atoms with E-state index in [1.165, 1.54) is 5.69 Å². The highest BCUT2D eigenvalue weighted by Gasteiger charge is 2.05. The van der Waals surface area contributed by atoms with Crippen LogP contribution < -0.4 is 5.32 Å². The van der Waals surface area contributed by atoms with Gasteiger partial charge in [0.25, 0.3) is 0 Å². The molecule has 4 nitrogen and oxygen atoms in total. The Bertz CT molecular complexity index is 487. The lowest BCUT2D eigenvalue weighted by Gasteiger charge is -2.13. The van der Waals surface area contributed by atoms with Gasteiger partial charge >= 0.3 is 0 Å². The van der Waals surface area contributed by atoms with E-state index in [0.717, 1.165) is 18.4 Å². The SMILES string of the molecule is Cc1cnc(NC(C)CCc2cccn2C)nc1. The van der Waals surface area contributed by atoms with Gasteiger partial charge in [-0.1, -0.05) is 0 Å². The van der Waals surface area contributed by atoms with Crippen molar-refractivity contribution in [3.05, 3.63) is 42.0 Å². The minimum Gasteiger partial charge on any atom is -0.354 e. The van der Waals surface area contributed by atoms with Gasteiger partial charge in [-0.05, 0) is 44.4 Å². The molecule has 2 aromatic rings. The summed E-state index contributed by atoms with van der Waals surface area (Å²) in [5, 5.41) is 3.32. The molecule has 2 heterocycles. The highest BCUT2D eigenvalue weighted by Crippen LogP contribution is 2.08. The second-order valence-electron chi connectivity index (χ2n) is 4.78. The smallest absolute Gasteiger partial charge is 0.222 e. The van der Waals surface area contributed by atoms with Crippen molar-refractivity contribution < 1.29 is 0 Å². The van der Waals surface area contributed by atoms with Crippen molar-refractivity contribution in [1.82, 2.24) is 14.5 Å². The van der Waals surface area contributed by atoms with Gasteiger partial charge in [-0.2, -0.15) is 0 Å². The van der Waals surface area contributed by atoms with E-state index in [1.54, 1.807) is 0 Å². The molecule has 1 unspecified atom stereocenters. The fraction of sp³-hybridized carbons (Fsp3) is 0.429. The van der Waals surface area contributed by atoms with Gasteiger partial charge in [-0.3, -0.25) is 0 Å². The summed E-state index contributed by atoms with van der Waals surface area (Å²) in [5.41, 5.74) is 2.44. The van der Waals surface area contributed by atoms with Crippen LogP contribution in [0.5, 0.6) is 0 Å². The van der Waals surface area contributed by atoms with Crippen LogP contribution in [0.3, 0.4) is 0 Å². The van der Waals surface area contributed by atoms with Crippen LogP contribution in [0.1, 0.15) is 24.6 Å². The lowest BCUT2D eigenvalue weighted by atomic mass is 10.1. The van der Waals surface area contributed by atoms with E-state index in [-0.39, 0.29) is 0 Å². The molecule has 0 aliphatic carbocycles. The first-order chi connectivity index (χ1) is 8.65. The van der Waals surface area contributed by atoms with Crippen molar-refractivity contribution in [2.24, 2.45) is 7.05 Å². The molecular weight excluding hydrogens is 224 g/mol. The van der Waals surface area contributed by atoms with Gasteiger partial charge in [-0.15, -0.1) is 0 Å². The van der Waals surface area contributed by atoms with Gasteiger partial charge in [0, 0.05) is 37.4 Å². The average Bonchev–Trinajstić information content (AvgIpc) is 2.75. The third-order valence-electron chi connectivity index (χ3n) is 3.04. The Morgan fingerprint density at radius 2 is 2.06 bits per heavy atom. The van der Waals surface area contributed by atoms with E-state index in [0.29, 0.717) is 12.0 Å². The van der Waals surface area contributed by atoms with E-state index in [9.17, 15) is 0 Å². The summed E-state index contributed by atoms with van der Waals surface area (Å²) in [6.45, 7) is 4.15. The number of nitrogens with zero attached hydrogens (tertiary/aromatic N) is 3. The first kappa shape index (κ1) is 12.6. The second-order valence-corrected chi connectivity index (χ2v) is 4.78. The zero-order valence-electron chi connectivity index (χ0n) is 11.2. The van der Waals surface area contributed by atoms with Crippen molar-refractivity contribution in [3.8, 4) is 0 Å². The Morgan fingerprint density at radius 1 is 1.33 bits per heavy atom. The molecule has 0 radical (unpaired) electrons. The van der Waals surface area contributed by atoms with Crippen molar-refractivity contribution >= 4 is 5.95 Å². The van der Waals surface area contributed by atoms with E-state index in [1.807, 2.05) is 19.3 Å². The molecule has 18 heavy (non-hydrogen) atoms. The second kappa shape index (κ2) is 5.67. The summed E-state index contributed by atoms with van der Waals surface area (Å²) in [7, 11) is 2.08. The molecule has 0 fully saturated rings. The summed E-state index contributed by atoms with van der Waals surface area (Å²) in [4.78, 5) is 8.51. The summed E-state index contributed by atoms with van der Waals surface area (Å²) in [6.07, 6.45) is 7.87. The van der Waals surface area contributed by atoms with Gasteiger partial charge in [-0.25, -0.2) is 9.97 Å². The molecule has 0 amide bonds. The first-order valence-corrected chi connectivity index (χ1v) is 6.30. The Kier molecular flexibility index (Phi) is 3.97. The Morgan fingerprint density at radius 3 is 2.67 bits per heavy atom. The predicted octanol–water partition coefficient (Wildman–Crippen LogP) is 2.56. The molecule has 1 atom stereocenters. The maximum Gasteiger partial charge on any atom is 0.222 e. The zero-order valence-corrected chi connectivity index (χ0v) is 11.2. The van der Waals surface area contributed by atoms with Crippen molar-refractivity contribution in [3.63, 3.8) is 0 Å².